The molecule has 2 aliphatic heterocycles. The monoisotopic (exact) mass is 291 g/mol. The van der Waals surface area contributed by atoms with Crippen LogP contribution in [0.3, 0.4) is 0 Å². The standard InChI is InChI=1S/C16H25N3O2/c1-10(2)9-21-16-14(17)5-6-15(18-16)19-11-3-4-12(19)8-13(20)7-11/h5-6,10-13,20H,3-4,7-9,17H2,1-2H3. The smallest absolute Gasteiger partial charge is 0.239 e. The Labute approximate surface area is 126 Å². The first-order valence-corrected chi connectivity index (χ1v) is 7.90. The molecule has 2 unspecified atom stereocenters. The molecule has 3 rings (SSSR count). The Kier molecular flexibility index (Phi) is 3.93. The summed E-state index contributed by atoms with van der Waals surface area (Å²) in [6.45, 7) is 4.82. The molecule has 5 heteroatoms. The molecule has 21 heavy (non-hydrogen) atoms. The van der Waals surface area contributed by atoms with Crippen LogP contribution < -0.4 is 15.4 Å². The molecule has 0 saturated carbocycles. The fourth-order valence-corrected chi connectivity index (χ4v) is 3.47. The van der Waals surface area contributed by atoms with Crippen molar-refractivity contribution in [1.29, 1.82) is 0 Å². The quantitative estimate of drug-likeness (QED) is 0.889. The highest BCUT2D eigenvalue weighted by Gasteiger charge is 2.40. The number of piperidine rings is 1. The number of anilines is 2. The number of rotatable bonds is 4. The lowest BCUT2D eigenvalue weighted by Gasteiger charge is -2.38. The highest BCUT2D eigenvalue weighted by atomic mass is 16.5. The molecule has 2 bridgehead atoms. The Morgan fingerprint density at radius 1 is 1.33 bits per heavy atom. The predicted molar refractivity (Wildman–Crippen MR) is 83.5 cm³/mol. The Morgan fingerprint density at radius 3 is 2.62 bits per heavy atom. The largest absolute Gasteiger partial charge is 0.476 e. The molecule has 2 aliphatic rings. The van der Waals surface area contributed by atoms with Crippen molar-refractivity contribution in [3.8, 4) is 5.88 Å². The minimum atomic E-state index is -0.163. The number of aromatic nitrogens is 1. The molecule has 2 atom stereocenters. The van der Waals surface area contributed by atoms with Crippen molar-refractivity contribution in [2.24, 2.45) is 5.92 Å². The molecule has 2 saturated heterocycles. The third-order valence-corrected chi connectivity index (χ3v) is 4.40. The van der Waals surface area contributed by atoms with Gasteiger partial charge in [0.2, 0.25) is 5.88 Å². The Balaban J connectivity index is 1.81. The third-order valence-electron chi connectivity index (χ3n) is 4.40. The molecule has 0 spiro atoms. The highest BCUT2D eigenvalue weighted by molar-refractivity contribution is 5.56. The van der Waals surface area contributed by atoms with Crippen LogP contribution in [0.15, 0.2) is 12.1 Å². The van der Waals surface area contributed by atoms with E-state index in [4.69, 9.17) is 10.5 Å². The van der Waals surface area contributed by atoms with E-state index >= 15 is 0 Å². The van der Waals surface area contributed by atoms with E-state index in [1.807, 2.05) is 12.1 Å². The van der Waals surface area contributed by atoms with Gasteiger partial charge in [-0.05, 0) is 43.7 Å². The number of aliphatic hydroxyl groups is 1. The van der Waals surface area contributed by atoms with Gasteiger partial charge in [0.25, 0.3) is 0 Å². The molecule has 5 nitrogen and oxygen atoms in total. The number of nitrogen functional groups attached to an aromatic ring is 1. The maximum absolute atomic E-state index is 9.91. The van der Waals surface area contributed by atoms with Gasteiger partial charge < -0.3 is 20.5 Å². The molecule has 1 aromatic rings. The molecule has 0 aliphatic carbocycles. The first-order chi connectivity index (χ1) is 10.0. The molecule has 3 heterocycles. The zero-order chi connectivity index (χ0) is 15.0. The zero-order valence-electron chi connectivity index (χ0n) is 12.8. The molecule has 0 radical (unpaired) electrons. The fraction of sp³-hybridized carbons (Fsp3) is 0.688. The lowest BCUT2D eigenvalue weighted by molar-refractivity contribution is 0.126. The van der Waals surface area contributed by atoms with Crippen LogP contribution in [-0.2, 0) is 0 Å². The second-order valence-corrected chi connectivity index (χ2v) is 6.69. The van der Waals surface area contributed by atoms with Crippen molar-refractivity contribution in [2.75, 3.05) is 17.2 Å². The van der Waals surface area contributed by atoms with Gasteiger partial charge in [-0.2, -0.15) is 4.98 Å². The number of ether oxygens (including phenoxy) is 1. The number of nitrogens with zero attached hydrogens (tertiary/aromatic N) is 2. The summed E-state index contributed by atoms with van der Waals surface area (Å²) in [7, 11) is 0. The summed E-state index contributed by atoms with van der Waals surface area (Å²) in [4.78, 5) is 6.99. The summed E-state index contributed by atoms with van der Waals surface area (Å²) >= 11 is 0. The molecular weight excluding hydrogens is 266 g/mol. The Morgan fingerprint density at radius 2 is 2.00 bits per heavy atom. The minimum Gasteiger partial charge on any atom is -0.476 e. The predicted octanol–water partition coefficient (Wildman–Crippen LogP) is 2.19. The number of aliphatic hydroxyl groups excluding tert-OH is 1. The van der Waals surface area contributed by atoms with E-state index in [-0.39, 0.29) is 6.10 Å². The number of nitrogens with two attached hydrogens (primary N) is 1. The molecule has 116 valence electrons. The van der Waals surface area contributed by atoms with Gasteiger partial charge in [-0.15, -0.1) is 0 Å². The van der Waals surface area contributed by atoms with Gasteiger partial charge in [0.15, 0.2) is 0 Å². The maximum atomic E-state index is 9.91. The van der Waals surface area contributed by atoms with Gasteiger partial charge in [0, 0.05) is 12.1 Å². The second-order valence-electron chi connectivity index (χ2n) is 6.69. The second kappa shape index (κ2) is 5.72. The SMILES string of the molecule is CC(C)COc1nc(N2C3CCC2CC(O)C3)ccc1N. The summed E-state index contributed by atoms with van der Waals surface area (Å²) in [5.41, 5.74) is 6.55. The normalized spacial score (nSPS) is 28.2. The van der Waals surface area contributed by atoms with Crippen LogP contribution in [0.2, 0.25) is 0 Å². The lowest BCUT2D eigenvalue weighted by atomic mass is 10.00. The summed E-state index contributed by atoms with van der Waals surface area (Å²) in [5, 5.41) is 9.91. The van der Waals surface area contributed by atoms with Crippen LogP contribution in [0.1, 0.15) is 39.5 Å². The summed E-state index contributed by atoms with van der Waals surface area (Å²) in [6, 6.07) is 4.64. The van der Waals surface area contributed by atoms with Crippen molar-refractivity contribution in [3.63, 3.8) is 0 Å². The minimum absolute atomic E-state index is 0.163. The number of fused-ring (bicyclic) bond motifs is 2. The van der Waals surface area contributed by atoms with Gasteiger partial charge in [-0.1, -0.05) is 13.8 Å². The maximum Gasteiger partial charge on any atom is 0.239 e. The van der Waals surface area contributed by atoms with E-state index in [0.29, 0.717) is 36.2 Å². The van der Waals surface area contributed by atoms with E-state index < -0.39 is 0 Å². The highest BCUT2D eigenvalue weighted by Crippen LogP contribution is 2.39. The summed E-state index contributed by atoms with van der Waals surface area (Å²) < 4.78 is 5.73. The number of hydrogen-bond donors (Lipinski definition) is 2. The van der Waals surface area contributed by atoms with Crippen LogP contribution in [0.5, 0.6) is 5.88 Å². The topological polar surface area (TPSA) is 71.6 Å². The average Bonchev–Trinajstić information content (AvgIpc) is 2.70. The van der Waals surface area contributed by atoms with E-state index in [9.17, 15) is 5.11 Å². The van der Waals surface area contributed by atoms with Gasteiger partial charge in [0.1, 0.15) is 5.82 Å². The summed E-state index contributed by atoms with van der Waals surface area (Å²) in [6.07, 6.45) is 3.78. The van der Waals surface area contributed by atoms with Crippen molar-refractivity contribution in [1.82, 2.24) is 4.98 Å². The van der Waals surface area contributed by atoms with Crippen molar-refractivity contribution in [3.05, 3.63) is 12.1 Å². The van der Waals surface area contributed by atoms with Crippen LogP contribution in [0.25, 0.3) is 0 Å². The van der Waals surface area contributed by atoms with E-state index in [1.165, 1.54) is 0 Å². The van der Waals surface area contributed by atoms with E-state index in [0.717, 1.165) is 31.5 Å². The van der Waals surface area contributed by atoms with E-state index in [2.05, 4.69) is 23.7 Å². The lowest BCUT2D eigenvalue weighted by Crippen LogP contribution is -2.45. The van der Waals surface area contributed by atoms with Gasteiger partial charge in [0.05, 0.1) is 18.4 Å². The van der Waals surface area contributed by atoms with Crippen LogP contribution in [-0.4, -0.2) is 34.9 Å². The van der Waals surface area contributed by atoms with Gasteiger partial charge in [-0.25, -0.2) is 0 Å². The van der Waals surface area contributed by atoms with Gasteiger partial charge in [-0.3, -0.25) is 0 Å². The van der Waals surface area contributed by atoms with E-state index in [1.54, 1.807) is 0 Å². The number of pyridine rings is 1. The summed E-state index contributed by atoms with van der Waals surface area (Å²) in [5.74, 6) is 1.91. The molecule has 1 aromatic heterocycles. The Hall–Kier alpha value is -1.49. The van der Waals surface area contributed by atoms with Crippen molar-refractivity contribution >= 4 is 11.5 Å². The third kappa shape index (κ3) is 2.93. The van der Waals surface area contributed by atoms with Gasteiger partial charge >= 0.3 is 0 Å². The first kappa shape index (κ1) is 14.4. The molecule has 0 amide bonds. The fourth-order valence-electron chi connectivity index (χ4n) is 3.47. The van der Waals surface area contributed by atoms with Crippen molar-refractivity contribution < 1.29 is 9.84 Å². The average molecular weight is 291 g/mol. The number of hydrogen-bond acceptors (Lipinski definition) is 5. The first-order valence-electron chi connectivity index (χ1n) is 7.90. The van der Waals surface area contributed by atoms with Crippen molar-refractivity contribution in [2.45, 2.75) is 57.7 Å². The molecule has 0 aromatic carbocycles. The van der Waals surface area contributed by atoms with Crippen LogP contribution in [0.4, 0.5) is 11.5 Å². The zero-order valence-corrected chi connectivity index (χ0v) is 12.8. The molecule has 3 N–H and O–H groups in total. The van der Waals surface area contributed by atoms with Crippen LogP contribution >= 0.6 is 0 Å². The molecule has 2 fully saturated rings. The Bertz CT molecular complexity index is 492. The van der Waals surface area contributed by atoms with Crippen LogP contribution in [0, 0.1) is 5.92 Å². The molecular formula is C16H25N3O2.